The lowest BCUT2D eigenvalue weighted by Gasteiger charge is -2.17. The number of carbonyl (C=O) groups is 1. The van der Waals surface area contributed by atoms with Gasteiger partial charge in [-0.15, -0.1) is 11.3 Å². The molecule has 2 heterocycles. The second-order valence-electron chi connectivity index (χ2n) is 6.71. The average molecular weight is 451 g/mol. The molecule has 10 heteroatoms. The number of pyridine rings is 1. The van der Waals surface area contributed by atoms with E-state index in [4.69, 9.17) is 0 Å². The monoisotopic (exact) mass is 450 g/mol. The van der Waals surface area contributed by atoms with Crippen molar-refractivity contribution in [1.29, 1.82) is 10.5 Å². The maximum Gasteiger partial charge on any atom is 0.418 e. The Kier molecular flexibility index (Phi) is 6.39. The number of thioether (sulfide) groups is 1. The van der Waals surface area contributed by atoms with Crippen LogP contribution in [0.5, 0.6) is 0 Å². The highest BCUT2D eigenvalue weighted by Gasteiger charge is 2.38. The van der Waals surface area contributed by atoms with Crippen LogP contribution in [-0.2, 0) is 30.2 Å². The quantitative estimate of drug-likeness (QED) is 0.648. The number of nitrogens with zero attached hydrogens (tertiary/aromatic N) is 3. The molecular weight excluding hydrogens is 433 g/mol. The predicted octanol–water partition coefficient (Wildman–Crippen LogP) is 5.00. The van der Waals surface area contributed by atoms with E-state index in [1.165, 1.54) is 18.3 Å². The Morgan fingerprint density at radius 1 is 1.27 bits per heavy atom. The molecule has 156 valence electrons. The highest BCUT2D eigenvalue weighted by molar-refractivity contribution is 8.00. The fraction of sp³-hybridized carbons (Fsp3) is 0.400. The number of thiophene rings is 1. The van der Waals surface area contributed by atoms with Crippen molar-refractivity contribution < 1.29 is 18.0 Å². The first kappa shape index (κ1) is 22.1. The number of carbonyl (C=O) groups excluding carboxylic acids is 1. The Bertz CT molecular complexity index is 1090. The minimum Gasteiger partial charge on any atom is -0.316 e. The van der Waals surface area contributed by atoms with Crippen molar-refractivity contribution in [1.82, 2.24) is 4.98 Å². The summed E-state index contributed by atoms with van der Waals surface area (Å²) in [5.41, 5.74) is 0.0429. The summed E-state index contributed by atoms with van der Waals surface area (Å²) >= 11 is 2.15. The van der Waals surface area contributed by atoms with Crippen LogP contribution in [0.1, 0.15) is 51.7 Å². The largest absolute Gasteiger partial charge is 0.418 e. The van der Waals surface area contributed by atoms with Crippen LogP contribution >= 0.6 is 23.1 Å². The molecule has 0 radical (unpaired) electrons. The van der Waals surface area contributed by atoms with Gasteiger partial charge in [0.15, 0.2) is 0 Å². The zero-order valence-corrected chi connectivity index (χ0v) is 17.9. The Labute approximate surface area is 179 Å². The van der Waals surface area contributed by atoms with E-state index >= 15 is 0 Å². The summed E-state index contributed by atoms with van der Waals surface area (Å²) < 4.78 is 40.6. The molecule has 0 saturated heterocycles. The molecule has 1 aliphatic carbocycles. The lowest BCUT2D eigenvalue weighted by Crippen LogP contribution is -2.17. The number of alkyl halides is 3. The van der Waals surface area contributed by atoms with Gasteiger partial charge >= 0.3 is 6.18 Å². The van der Waals surface area contributed by atoms with E-state index in [2.05, 4.69) is 16.4 Å². The molecule has 2 aromatic heterocycles. The van der Waals surface area contributed by atoms with E-state index < -0.39 is 23.2 Å². The Hall–Kier alpha value is -2.56. The Morgan fingerprint density at radius 3 is 2.57 bits per heavy atom. The second kappa shape index (κ2) is 8.66. The standard InChI is InChI=1S/C20H17F3N4OS2/c1-3-14-10(2)17(20(21,22)23)13(8-25)18(26-14)29-9-16(28)27-19-12(7-24)11-5-4-6-15(11)30-19/h3-6,9H2,1-2H3,(H,27,28). The predicted molar refractivity (Wildman–Crippen MR) is 108 cm³/mol. The third kappa shape index (κ3) is 4.16. The smallest absolute Gasteiger partial charge is 0.316 e. The topological polar surface area (TPSA) is 89.6 Å². The van der Waals surface area contributed by atoms with Gasteiger partial charge in [-0.1, -0.05) is 18.7 Å². The van der Waals surface area contributed by atoms with Gasteiger partial charge in [-0.05, 0) is 43.7 Å². The summed E-state index contributed by atoms with van der Waals surface area (Å²) in [6, 6.07) is 3.73. The minimum absolute atomic E-state index is 0.0675. The van der Waals surface area contributed by atoms with Gasteiger partial charge in [-0.2, -0.15) is 23.7 Å². The number of hydrogen-bond donors (Lipinski definition) is 1. The van der Waals surface area contributed by atoms with Crippen LogP contribution in [0, 0.1) is 29.6 Å². The van der Waals surface area contributed by atoms with Gasteiger partial charge in [0.2, 0.25) is 5.91 Å². The molecule has 1 amide bonds. The summed E-state index contributed by atoms with van der Waals surface area (Å²) in [4.78, 5) is 17.7. The number of hydrogen-bond acceptors (Lipinski definition) is 6. The molecule has 1 N–H and O–H groups in total. The molecule has 5 nitrogen and oxygen atoms in total. The van der Waals surface area contributed by atoms with Crippen molar-refractivity contribution in [3.63, 3.8) is 0 Å². The van der Waals surface area contributed by atoms with Crippen LogP contribution in [0.15, 0.2) is 5.03 Å². The number of halogens is 3. The van der Waals surface area contributed by atoms with Crippen LogP contribution in [0.25, 0.3) is 0 Å². The van der Waals surface area contributed by atoms with Gasteiger partial charge in [0.1, 0.15) is 22.2 Å². The third-order valence-electron chi connectivity index (χ3n) is 4.86. The van der Waals surface area contributed by atoms with E-state index in [1.807, 2.05) is 0 Å². The van der Waals surface area contributed by atoms with Crippen LogP contribution in [0.2, 0.25) is 0 Å². The van der Waals surface area contributed by atoms with Gasteiger partial charge in [0.25, 0.3) is 0 Å². The molecule has 0 bridgehead atoms. The number of aromatic nitrogens is 1. The summed E-state index contributed by atoms with van der Waals surface area (Å²) in [6.07, 6.45) is -1.76. The van der Waals surface area contributed by atoms with Crippen molar-refractivity contribution in [3.05, 3.63) is 38.4 Å². The minimum atomic E-state index is -4.70. The van der Waals surface area contributed by atoms with Crippen LogP contribution in [-0.4, -0.2) is 16.6 Å². The number of anilines is 1. The molecule has 0 fully saturated rings. The zero-order chi connectivity index (χ0) is 22.1. The molecule has 0 unspecified atom stereocenters. The lowest BCUT2D eigenvalue weighted by atomic mass is 10.0. The maximum atomic E-state index is 13.5. The Morgan fingerprint density at radius 2 is 1.97 bits per heavy atom. The fourth-order valence-corrected chi connectivity index (χ4v) is 5.58. The van der Waals surface area contributed by atoms with E-state index in [0.29, 0.717) is 10.6 Å². The zero-order valence-electron chi connectivity index (χ0n) is 16.2. The van der Waals surface area contributed by atoms with E-state index in [-0.39, 0.29) is 28.5 Å². The molecule has 0 aliphatic heterocycles. The van der Waals surface area contributed by atoms with Crippen molar-refractivity contribution in [2.24, 2.45) is 0 Å². The molecule has 0 aromatic carbocycles. The van der Waals surface area contributed by atoms with Gasteiger partial charge < -0.3 is 5.32 Å². The van der Waals surface area contributed by atoms with Crippen molar-refractivity contribution in [2.75, 3.05) is 11.1 Å². The Balaban J connectivity index is 1.83. The second-order valence-corrected chi connectivity index (χ2v) is 8.78. The molecule has 30 heavy (non-hydrogen) atoms. The first-order valence-electron chi connectivity index (χ1n) is 9.19. The number of nitrogens with one attached hydrogen (secondary N) is 1. The van der Waals surface area contributed by atoms with E-state index in [9.17, 15) is 28.5 Å². The average Bonchev–Trinajstić information content (AvgIpc) is 3.25. The molecule has 0 spiro atoms. The van der Waals surface area contributed by atoms with E-state index in [0.717, 1.165) is 41.5 Å². The maximum absolute atomic E-state index is 13.5. The van der Waals surface area contributed by atoms with Crippen molar-refractivity contribution in [2.45, 2.75) is 50.7 Å². The summed E-state index contributed by atoms with van der Waals surface area (Å²) in [5, 5.41) is 21.8. The normalized spacial score (nSPS) is 12.9. The molecule has 1 aliphatic rings. The number of fused-ring (bicyclic) bond motifs is 1. The van der Waals surface area contributed by atoms with E-state index in [1.54, 1.807) is 13.0 Å². The highest BCUT2D eigenvalue weighted by Crippen LogP contribution is 2.40. The molecular formula is C20H17F3N4OS2. The number of rotatable bonds is 5. The van der Waals surface area contributed by atoms with Crippen LogP contribution < -0.4 is 5.32 Å². The van der Waals surface area contributed by atoms with Gasteiger partial charge in [-0.25, -0.2) is 4.98 Å². The number of amides is 1. The lowest BCUT2D eigenvalue weighted by molar-refractivity contribution is -0.138. The highest BCUT2D eigenvalue weighted by atomic mass is 32.2. The van der Waals surface area contributed by atoms with Crippen LogP contribution in [0.3, 0.4) is 0 Å². The number of aryl methyl sites for hydroxylation is 2. The molecule has 0 atom stereocenters. The van der Waals surface area contributed by atoms with Crippen molar-refractivity contribution >= 4 is 34.0 Å². The summed E-state index contributed by atoms with van der Waals surface area (Å²) in [6.45, 7) is 2.98. The molecule has 3 rings (SSSR count). The first-order chi connectivity index (χ1) is 14.2. The fourth-order valence-electron chi connectivity index (χ4n) is 3.52. The SMILES string of the molecule is CCc1nc(SCC(=O)Nc2sc3c(c2C#N)CCC3)c(C#N)c(C(F)(F)F)c1C. The number of nitriles is 2. The first-order valence-corrected chi connectivity index (χ1v) is 11.0. The molecule has 2 aromatic rings. The van der Waals surface area contributed by atoms with Gasteiger partial charge in [-0.3, -0.25) is 4.79 Å². The summed E-state index contributed by atoms with van der Waals surface area (Å²) in [5.74, 6) is -0.687. The van der Waals surface area contributed by atoms with Gasteiger partial charge in [0, 0.05) is 10.6 Å². The third-order valence-corrected chi connectivity index (χ3v) is 7.05. The summed E-state index contributed by atoms with van der Waals surface area (Å²) in [7, 11) is 0. The van der Waals surface area contributed by atoms with Crippen molar-refractivity contribution in [3.8, 4) is 12.1 Å². The molecule has 0 saturated carbocycles. The van der Waals surface area contributed by atoms with Gasteiger partial charge in [0.05, 0.1) is 22.4 Å². The van der Waals surface area contributed by atoms with Crippen LogP contribution in [0.4, 0.5) is 18.2 Å².